The summed E-state index contributed by atoms with van der Waals surface area (Å²) in [5, 5.41) is 10.5. The fourth-order valence-electron chi connectivity index (χ4n) is 6.05. The average molecular weight is 543 g/mol. The molecule has 3 aromatic heterocycles. The maximum atomic E-state index is 10.5. The lowest BCUT2D eigenvalue weighted by Crippen LogP contribution is -2.45. The minimum atomic E-state index is -0.647. The quantitative estimate of drug-likeness (QED) is 0.372. The third-order valence-corrected chi connectivity index (χ3v) is 8.47. The molecule has 0 amide bonds. The molecule has 2 saturated heterocycles. The van der Waals surface area contributed by atoms with E-state index >= 15 is 0 Å². The Morgan fingerprint density at radius 2 is 1.85 bits per heavy atom. The third kappa shape index (κ3) is 4.72. The summed E-state index contributed by atoms with van der Waals surface area (Å²) >= 11 is 0. The Hall–Kier alpha value is -3.52. The molecule has 40 heavy (non-hydrogen) atoms. The second-order valence-electron chi connectivity index (χ2n) is 11.5. The highest BCUT2D eigenvalue weighted by Crippen LogP contribution is 2.32. The molecule has 0 spiro atoms. The minimum absolute atomic E-state index is 0.240. The van der Waals surface area contributed by atoms with Gasteiger partial charge in [-0.25, -0.2) is 9.97 Å². The van der Waals surface area contributed by atoms with E-state index in [2.05, 4.69) is 37.8 Å². The smallest absolute Gasteiger partial charge is 0.239 e. The number of imidazole rings is 2. The Kier molecular flexibility index (Phi) is 6.98. The molecule has 4 aromatic rings. The number of terminal acetylenes is 1. The SMILES string of the molecule is C#CC1COCCN1c1nc(-n2c(CC)nc3ccccc32)nc2c1nc(CN1CCC(C(C)(C)O)CC1)n2C. The van der Waals surface area contributed by atoms with Gasteiger partial charge in [0.25, 0.3) is 0 Å². The maximum absolute atomic E-state index is 10.5. The van der Waals surface area contributed by atoms with Crippen molar-refractivity contribution >= 4 is 28.0 Å². The number of benzene rings is 1. The highest BCUT2D eigenvalue weighted by Gasteiger charge is 2.32. The van der Waals surface area contributed by atoms with Gasteiger partial charge in [-0.15, -0.1) is 6.42 Å². The van der Waals surface area contributed by atoms with Gasteiger partial charge >= 0.3 is 0 Å². The van der Waals surface area contributed by atoms with Crippen LogP contribution in [0, 0.1) is 18.3 Å². The van der Waals surface area contributed by atoms with Crippen molar-refractivity contribution in [3.05, 3.63) is 35.9 Å². The lowest BCUT2D eigenvalue weighted by molar-refractivity contribution is -0.0139. The lowest BCUT2D eigenvalue weighted by atomic mass is 9.83. The molecule has 10 nitrogen and oxygen atoms in total. The zero-order chi connectivity index (χ0) is 28.0. The minimum Gasteiger partial charge on any atom is -0.390 e. The number of aromatic nitrogens is 6. The predicted molar refractivity (Wildman–Crippen MR) is 155 cm³/mol. The number of morpholine rings is 1. The van der Waals surface area contributed by atoms with Gasteiger partial charge in [0.2, 0.25) is 5.95 Å². The van der Waals surface area contributed by atoms with E-state index in [1.54, 1.807) is 0 Å². The van der Waals surface area contributed by atoms with Crippen LogP contribution < -0.4 is 4.90 Å². The number of aliphatic hydroxyl groups is 1. The first-order chi connectivity index (χ1) is 19.3. The molecule has 2 aliphatic heterocycles. The topological polar surface area (TPSA) is 97.4 Å². The highest BCUT2D eigenvalue weighted by atomic mass is 16.5. The summed E-state index contributed by atoms with van der Waals surface area (Å²) in [4.78, 5) is 24.7. The van der Waals surface area contributed by atoms with E-state index < -0.39 is 5.60 Å². The Morgan fingerprint density at radius 1 is 1.07 bits per heavy atom. The molecule has 0 aliphatic carbocycles. The molecule has 2 fully saturated rings. The number of likely N-dealkylation sites (tertiary alicyclic amines) is 1. The number of piperidine rings is 1. The van der Waals surface area contributed by atoms with Crippen LogP contribution >= 0.6 is 0 Å². The van der Waals surface area contributed by atoms with Gasteiger partial charge in [-0.3, -0.25) is 9.47 Å². The van der Waals surface area contributed by atoms with Gasteiger partial charge in [0.05, 0.1) is 36.4 Å². The molecule has 0 bridgehead atoms. The molecule has 0 saturated carbocycles. The van der Waals surface area contributed by atoms with Gasteiger partial charge in [-0.05, 0) is 57.8 Å². The van der Waals surface area contributed by atoms with Crippen molar-refractivity contribution < 1.29 is 9.84 Å². The first-order valence-corrected chi connectivity index (χ1v) is 14.2. The predicted octanol–water partition coefficient (Wildman–Crippen LogP) is 3.09. The molecule has 1 N–H and O–H groups in total. The van der Waals surface area contributed by atoms with Crippen LogP contribution in [-0.2, 0) is 24.8 Å². The van der Waals surface area contributed by atoms with Gasteiger partial charge in [0.15, 0.2) is 17.0 Å². The van der Waals surface area contributed by atoms with Gasteiger partial charge in [0.1, 0.15) is 17.7 Å². The molecule has 210 valence electrons. The van der Waals surface area contributed by atoms with E-state index in [1.807, 2.05) is 39.1 Å². The molecule has 1 atom stereocenters. The Balaban J connectivity index is 1.45. The first kappa shape index (κ1) is 26.7. The van der Waals surface area contributed by atoms with E-state index in [1.165, 1.54) is 0 Å². The number of hydrogen-bond acceptors (Lipinski definition) is 8. The number of fused-ring (bicyclic) bond motifs is 2. The summed E-state index contributed by atoms with van der Waals surface area (Å²) in [6, 6.07) is 7.84. The number of ether oxygens (including phenoxy) is 1. The van der Waals surface area contributed by atoms with Crippen molar-refractivity contribution in [3.63, 3.8) is 0 Å². The van der Waals surface area contributed by atoms with Crippen molar-refractivity contribution in [2.45, 2.75) is 58.2 Å². The van der Waals surface area contributed by atoms with E-state index in [9.17, 15) is 5.11 Å². The summed E-state index contributed by atoms with van der Waals surface area (Å²) in [5.41, 5.74) is 2.75. The summed E-state index contributed by atoms with van der Waals surface area (Å²) in [5.74, 6) is 6.32. The summed E-state index contributed by atoms with van der Waals surface area (Å²) in [6.45, 7) is 10.1. The zero-order valence-electron chi connectivity index (χ0n) is 23.8. The molecular weight excluding hydrogens is 504 g/mol. The van der Waals surface area contributed by atoms with Gasteiger partial charge in [0, 0.05) is 20.0 Å². The van der Waals surface area contributed by atoms with E-state index in [4.69, 9.17) is 31.1 Å². The fourth-order valence-corrected chi connectivity index (χ4v) is 6.05. The van der Waals surface area contributed by atoms with E-state index in [0.717, 1.165) is 72.0 Å². The molecule has 2 aliphatic rings. The molecule has 6 rings (SSSR count). The van der Waals surface area contributed by atoms with E-state index in [0.29, 0.717) is 38.2 Å². The lowest BCUT2D eigenvalue weighted by Gasteiger charge is -2.37. The molecular formula is C30H38N8O2. The summed E-state index contributed by atoms with van der Waals surface area (Å²) in [7, 11) is 2.03. The molecule has 10 heteroatoms. The van der Waals surface area contributed by atoms with Gasteiger partial charge < -0.3 is 19.3 Å². The van der Waals surface area contributed by atoms with Gasteiger partial charge in [-0.1, -0.05) is 25.0 Å². The van der Waals surface area contributed by atoms with Crippen LogP contribution in [0.2, 0.25) is 0 Å². The number of nitrogens with zero attached hydrogens (tertiary/aromatic N) is 8. The highest BCUT2D eigenvalue weighted by molar-refractivity contribution is 5.86. The number of para-hydroxylation sites is 2. The van der Waals surface area contributed by atoms with Gasteiger partial charge in [-0.2, -0.15) is 9.97 Å². The second-order valence-corrected chi connectivity index (χ2v) is 11.5. The Morgan fingerprint density at radius 3 is 2.58 bits per heavy atom. The second kappa shape index (κ2) is 10.5. The van der Waals surface area contributed by atoms with Crippen LogP contribution in [0.3, 0.4) is 0 Å². The normalized spacial score (nSPS) is 19.5. The first-order valence-electron chi connectivity index (χ1n) is 14.2. The van der Waals surface area contributed by atoms with Crippen LogP contribution in [0.4, 0.5) is 5.82 Å². The van der Waals surface area contributed by atoms with Crippen molar-refractivity contribution in [2.75, 3.05) is 37.7 Å². The molecule has 1 unspecified atom stereocenters. The average Bonchev–Trinajstić information content (AvgIpc) is 3.49. The monoisotopic (exact) mass is 542 g/mol. The van der Waals surface area contributed by atoms with E-state index in [-0.39, 0.29) is 6.04 Å². The standard InChI is InChI=1S/C30H38N8O2/c1-6-21-19-40-17-16-37(21)28-26-27(33-29(34-28)38-23-11-9-8-10-22(23)31-24(38)7-2)35(5)25(32-26)18-36-14-12-20(13-15-36)30(3,4)39/h1,8-11,20-21,39H,7,12-19H2,2-5H3. The Bertz CT molecular complexity index is 1570. The van der Waals surface area contributed by atoms with Crippen molar-refractivity contribution in [1.29, 1.82) is 0 Å². The van der Waals surface area contributed by atoms with Crippen LogP contribution in [0.1, 0.15) is 45.3 Å². The van der Waals surface area contributed by atoms with Crippen LogP contribution in [-0.4, -0.2) is 83.6 Å². The zero-order valence-corrected chi connectivity index (χ0v) is 23.8. The third-order valence-electron chi connectivity index (χ3n) is 8.47. The number of anilines is 1. The van der Waals surface area contributed by atoms with Crippen molar-refractivity contribution in [1.82, 2.24) is 34.0 Å². The van der Waals surface area contributed by atoms with Crippen molar-refractivity contribution in [2.24, 2.45) is 13.0 Å². The summed E-state index contributed by atoms with van der Waals surface area (Å²) < 4.78 is 9.84. The summed E-state index contributed by atoms with van der Waals surface area (Å²) in [6.07, 6.45) is 8.62. The van der Waals surface area contributed by atoms with Crippen LogP contribution in [0.25, 0.3) is 28.1 Å². The van der Waals surface area contributed by atoms with Crippen molar-refractivity contribution in [3.8, 4) is 18.3 Å². The molecule has 1 aromatic carbocycles. The van der Waals surface area contributed by atoms with Crippen LogP contribution in [0.5, 0.6) is 0 Å². The number of hydrogen-bond donors (Lipinski definition) is 1. The molecule has 5 heterocycles. The Labute approximate surface area is 235 Å². The number of aryl methyl sites for hydroxylation is 2. The van der Waals surface area contributed by atoms with Crippen LogP contribution in [0.15, 0.2) is 24.3 Å². The largest absolute Gasteiger partial charge is 0.390 e. The maximum Gasteiger partial charge on any atom is 0.239 e. The fraction of sp³-hybridized carbons (Fsp3) is 0.533. The molecule has 0 radical (unpaired) electrons. The number of rotatable bonds is 6.